The van der Waals surface area contributed by atoms with E-state index in [9.17, 15) is 9.18 Å². The largest absolute Gasteiger partial charge is 0.480 e. The fourth-order valence-electron chi connectivity index (χ4n) is 2.35. The van der Waals surface area contributed by atoms with Gasteiger partial charge in [-0.2, -0.15) is 0 Å². The maximum Gasteiger partial charge on any atom is 0.265 e. The summed E-state index contributed by atoms with van der Waals surface area (Å²) in [6, 6.07) is 17.6. The van der Waals surface area contributed by atoms with Crippen LogP contribution < -0.4 is 10.1 Å². The van der Waals surface area contributed by atoms with E-state index in [2.05, 4.69) is 21.2 Å². The predicted molar refractivity (Wildman–Crippen MR) is 96.8 cm³/mol. The van der Waals surface area contributed by atoms with Crippen molar-refractivity contribution in [2.24, 2.45) is 0 Å². The quantitative estimate of drug-likeness (QED) is 0.672. The summed E-state index contributed by atoms with van der Waals surface area (Å²) in [6.45, 7) is 1.62. The van der Waals surface area contributed by atoms with Crippen molar-refractivity contribution in [2.75, 3.05) is 5.32 Å². The van der Waals surface area contributed by atoms with E-state index in [4.69, 9.17) is 4.74 Å². The van der Waals surface area contributed by atoms with E-state index in [1.165, 1.54) is 12.1 Å². The van der Waals surface area contributed by atoms with Crippen LogP contribution in [0.3, 0.4) is 0 Å². The van der Waals surface area contributed by atoms with E-state index in [0.717, 1.165) is 15.2 Å². The Kier molecular flexibility index (Phi) is 4.81. The molecule has 5 heteroatoms. The molecule has 3 aromatic rings. The number of fused-ring (bicyclic) bond motifs is 1. The minimum Gasteiger partial charge on any atom is -0.480 e. The Morgan fingerprint density at radius 2 is 1.79 bits per heavy atom. The second-order valence-corrected chi connectivity index (χ2v) is 6.12. The third-order valence-electron chi connectivity index (χ3n) is 3.63. The summed E-state index contributed by atoms with van der Waals surface area (Å²) >= 11 is 3.52. The molecule has 0 aliphatic heterocycles. The molecule has 122 valence electrons. The number of amides is 1. The van der Waals surface area contributed by atoms with Gasteiger partial charge in [0.05, 0.1) is 10.2 Å². The van der Waals surface area contributed by atoms with Gasteiger partial charge in [0.1, 0.15) is 11.6 Å². The number of rotatable bonds is 4. The molecule has 1 amide bonds. The molecule has 0 fully saturated rings. The van der Waals surface area contributed by atoms with Crippen LogP contribution in [0.5, 0.6) is 5.75 Å². The van der Waals surface area contributed by atoms with Crippen molar-refractivity contribution in [1.82, 2.24) is 0 Å². The van der Waals surface area contributed by atoms with Gasteiger partial charge in [-0.1, -0.05) is 42.5 Å². The molecule has 0 bridgehead atoms. The van der Waals surface area contributed by atoms with Crippen LogP contribution in [0.1, 0.15) is 6.92 Å². The standard InChI is InChI=1S/C19H15BrFNO2/c1-12(19(23)22-16-9-5-4-8-15(16)21)24-17-11-10-13-6-2-3-7-14(13)18(17)20/h2-12H,1H3,(H,22,23)/t12-/m0/s1. The highest BCUT2D eigenvalue weighted by molar-refractivity contribution is 9.10. The van der Waals surface area contributed by atoms with Crippen molar-refractivity contribution in [3.05, 3.63) is 71.0 Å². The molecule has 1 atom stereocenters. The van der Waals surface area contributed by atoms with Crippen molar-refractivity contribution in [2.45, 2.75) is 13.0 Å². The van der Waals surface area contributed by atoms with Crippen molar-refractivity contribution in [1.29, 1.82) is 0 Å². The minimum atomic E-state index is -0.776. The zero-order chi connectivity index (χ0) is 17.1. The first-order valence-electron chi connectivity index (χ1n) is 7.45. The van der Waals surface area contributed by atoms with E-state index in [0.29, 0.717) is 5.75 Å². The van der Waals surface area contributed by atoms with Gasteiger partial charge >= 0.3 is 0 Å². The molecule has 24 heavy (non-hydrogen) atoms. The molecule has 0 saturated carbocycles. The van der Waals surface area contributed by atoms with Crippen LogP contribution in [0.4, 0.5) is 10.1 Å². The number of hydrogen-bond acceptors (Lipinski definition) is 2. The molecule has 0 spiro atoms. The van der Waals surface area contributed by atoms with Gasteiger partial charge in [0.2, 0.25) is 0 Å². The van der Waals surface area contributed by atoms with Crippen molar-refractivity contribution < 1.29 is 13.9 Å². The van der Waals surface area contributed by atoms with Gasteiger partial charge in [0.15, 0.2) is 6.10 Å². The molecule has 3 aromatic carbocycles. The van der Waals surface area contributed by atoms with Crippen LogP contribution in [0.25, 0.3) is 10.8 Å². The number of carbonyl (C=O) groups excluding carboxylic acids is 1. The summed E-state index contributed by atoms with van der Waals surface area (Å²) in [5.41, 5.74) is 0.135. The third-order valence-corrected chi connectivity index (χ3v) is 4.45. The maximum absolute atomic E-state index is 13.6. The Labute approximate surface area is 147 Å². The van der Waals surface area contributed by atoms with Gasteiger partial charge in [-0.15, -0.1) is 0 Å². The number of anilines is 1. The summed E-state index contributed by atoms with van der Waals surface area (Å²) in [5.74, 6) is -0.338. The van der Waals surface area contributed by atoms with E-state index in [1.54, 1.807) is 25.1 Å². The number of carbonyl (C=O) groups is 1. The van der Waals surface area contributed by atoms with Gasteiger partial charge < -0.3 is 10.1 Å². The predicted octanol–water partition coefficient (Wildman–Crippen LogP) is 5.15. The normalized spacial score (nSPS) is 12.0. The first-order valence-corrected chi connectivity index (χ1v) is 8.25. The molecular weight excluding hydrogens is 373 g/mol. The zero-order valence-electron chi connectivity index (χ0n) is 12.9. The molecule has 0 heterocycles. The van der Waals surface area contributed by atoms with Crippen molar-refractivity contribution in [3.63, 3.8) is 0 Å². The first kappa shape index (κ1) is 16.5. The van der Waals surface area contributed by atoms with E-state index < -0.39 is 17.8 Å². The molecular formula is C19H15BrFNO2. The molecule has 1 N–H and O–H groups in total. The lowest BCUT2D eigenvalue weighted by atomic mass is 10.1. The number of hydrogen-bond donors (Lipinski definition) is 1. The molecule has 0 aliphatic rings. The molecule has 3 rings (SSSR count). The molecule has 0 radical (unpaired) electrons. The molecule has 0 aliphatic carbocycles. The Morgan fingerprint density at radius 1 is 1.08 bits per heavy atom. The van der Waals surface area contributed by atoms with E-state index in [1.807, 2.05) is 30.3 Å². The van der Waals surface area contributed by atoms with Gasteiger partial charge in [-0.05, 0) is 51.8 Å². The topological polar surface area (TPSA) is 38.3 Å². The summed E-state index contributed by atoms with van der Waals surface area (Å²) in [5, 5.41) is 4.60. The second kappa shape index (κ2) is 7.01. The van der Waals surface area contributed by atoms with Crippen LogP contribution in [-0.2, 0) is 4.79 Å². The molecule has 0 unspecified atom stereocenters. The maximum atomic E-state index is 13.6. The molecule has 0 saturated heterocycles. The van der Waals surface area contributed by atoms with Crippen molar-refractivity contribution >= 4 is 38.3 Å². The average molecular weight is 388 g/mol. The van der Waals surface area contributed by atoms with Gasteiger partial charge in [0, 0.05) is 0 Å². The summed E-state index contributed by atoms with van der Waals surface area (Å²) in [4.78, 5) is 12.2. The molecule has 0 aromatic heterocycles. The summed E-state index contributed by atoms with van der Waals surface area (Å²) in [7, 11) is 0. The summed E-state index contributed by atoms with van der Waals surface area (Å²) < 4.78 is 20.1. The SMILES string of the molecule is C[C@H](Oc1ccc2ccccc2c1Br)C(=O)Nc1ccccc1F. The number of halogens is 2. The van der Waals surface area contributed by atoms with Crippen LogP contribution >= 0.6 is 15.9 Å². The lowest BCUT2D eigenvalue weighted by Gasteiger charge is -2.17. The van der Waals surface area contributed by atoms with Gasteiger partial charge in [0.25, 0.3) is 5.91 Å². The zero-order valence-corrected chi connectivity index (χ0v) is 14.5. The van der Waals surface area contributed by atoms with Crippen LogP contribution in [0.2, 0.25) is 0 Å². The van der Waals surface area contributed by atoms with Crippen LogP contribution in [0.15, 0.2) is 65.1 Å². The Balaban J connectivity index is 1.77. The van der Waals surface area contributed by atoms with Crippen LogP contribution in [0, 0.1) is 5.82 Å². The second-order valence-electron chi connectivity index (χ2n) is 5.33. The number of benzene rings is 3. The van der Waals surface area contributed by atoms with Crippen LogP contribution in [-0.4, -0.2) is 12.0 Å². The Morgan fingerprint density at radius 3 is 2.58 bits per heavy atom. The third kappa shape index (κ3) is 3.41. The highest BCUT2D eigenvalue weighted by atomic mass is 79.9. The number of para-hydroxylation sites is 1. The fraction of sp³-hybridized carbons (Fsp3) is 0.105. The minimum absolute atomic E-state index is 0.135. The highest BCUT2D eigenvalue weighted by Gasteiger charge is 2.18. The average Bonchev–Trinajstić information content (AvgIpc) is 2.59. The number of ether oxygens (including phenoxy) is 1. The molecule has 3 nitrogen and oxygen atoms in total. The van der Waals surface area contributed by atoms with E-state index >= 15 is 0 Å². The van der Waals surface area contributed by atoms with Crippen molar-refractivity contribution in [3.8, 4) is 5.75 Å². The van der Waals surface area contributed by atoms with Gasteiger partial charge in [-0.25, -0.2) is 4.39 Å². The fourth-order valence-corrected chi connectivity index (χ4v) is 2.93. The van der Waals surface area contributed by atoms with Gasteiger partial charge in [-0.3, -0.25) is 4.79 Å². The first-order chi connectivity index (χ1) is 11.6. The highest BCUT2D eigenvalue weighted by Crippen LogP contribution is 2.33. The monoisotopic (exact) mass is 387 g/mol. The Bertz CT molecular complexity index is 897. The van der Waals surface area contributed by atoms with E-state index in [-0.39, 0.29) is 5.69 Å². The Hall–Kier alpha value is -2.40. The lowest BCUT2D eigenvalue weighted by molar-refractivity contribution is -0.122. The lowest BCUT2D eigenvalue weighted by Crippen LogP contribution is -2.30. The smallest absolute Gasteiger partial charge is 0.265 e. The number of nitrogens with one attached hydrogen (secondary N) is 1. The summed E-state index contributed by atoms with van der Waals surface area (Å²) in [6.07, 6.45) is -0.776.